The maximum atomic E-state index is 11.6. The molecule has 1 N–H and O–H groups in total. The number of hydrogen-bond donors (Lipinski definition) is 1. The number of aromatic hydroxyl groups is 1. The number of phenolic OH excluding ortho intramolecular Hbond substituents is 1. The minimum Gasteiger partial charge on any atom is -0.507 e. The van der Waals surface area contributed by atoms with Crippen LogP contribution in [0.5, 0.6) is 5.75 Å². The molecule has 0 aromatic heterocycles. The lowest BCUT2D eigenvalue weighted by atomic mass is 10.1. The Hall–Kier alpha value is -1.84. The molecule has 0 aliphatic rings. The maximum Gasteiger partial charge on any atom is 0.306 e. The van der Waals surface area contributed by atoms with Crippen LogP contribution in [0.15, 0.2) is 24.3 Å². The first-order valence-electron chi connectivity index (χ1n) is 5.12. The summed E-state index contributed by atoms with van der Waals surface area (Å²) in [4.78, 5) is 22.6. The molecule has 0 bridgehead atoms. The normalized spacial score (nSPS) is 9.81. The van der Waals surface area contributed by atoms with Crippen LogP contribution in [0.2, 0.25) is 0 Å². The van der Waals surface area contributed by atoms with Crippen LogP contribution in [-0.2, 0) is 9.53 Å². The summed E-state index contributed by atoms with van der Waals surface area (Å²) in [6, 6.07) is 6.27. The van der Waals surface area contributed by atoms with Crippen LogP contribution in [0.25, 0.3) is 0 Å². The molecular formula is C12H14O4. The molecule has 0 unspecified atom stereocenters. The van der Waals surface area contributed by atoms with Gasteiger partial charge in [0.15, 0.2) is 5.78 Å². The SMILES string of the molecule is CCOC(=O)CCC(=O)c1ccccc1O. The molecule has 1 rings (SSSR count). The summed E-state index contributed by atoms with van der Waals surface area (Å²) in [5.74, 6) is -0.714. The van der Waals surface area contributed by atoms with Gasteiger partial charge in [0.25, 0.3) is 0 Å². The average Bonchev–Trinajstić information content (AvgIpc) is 2.27. The monoisotopic (exact) mass is 222 g/mol. The summed E-state index contributed by atoms with van der Waals surface area (Å²) in [5.41, 5.74) is 0.242. The van der Waals surface area contributed by atoms with Crippen molar-refractivity contribution < 1.29 is 19.4 Å². The van der Waals surface area contributed by atoms with Crippen LogP contribution in [0.1, 0.15) is 30.1 Å². The van der Waals surface area contributed by atoms with Crippen molar-refractivity contribution in [2.75, 3.05) is 6.61 Å². The lowest BCUT2D eigenvalue weighted by molar-refractivity contribution is -0.143. The van der Waals surface area contributed by atoms with Gasteiger partial charge in [-0.05, 0) is 19.1 Å². The number of phenols is 1. The Labute approximate surface area is 93.9 Å². The molecule has 0 saturated carbocycles. The highest BCUT2D eigenvalue weighted by atomic mass is 16.5. The molecule has 0 fully saturated rings. The fraction of sp³-hybridized carbons (Fsp3) is 0.333. The number of ketones is 1. The smallest absolute Gasteiger partial charge is 0.306 e. The minimum atomic E-state index is -0.397. The predicted octanol–water partition coefficient (Wildman–Crippen LogP) is 1.92. The van der Waals surface area contributed by atoms with Crippen molar-refractivity contribution in [1.82, 2.24) is 0 Å². The quantitative estimate of drug-likeness (QED) is 0.610. The molecule has 4 heteroatoms. The summed E-state index contributed by atoms with van der Waals surface area (Å²) < 4.78 is 4.70. The molecule has 1 aromatic rings. The number of carbonyl (C=O) groups excluding carboxylic acids is 2. The van der Waals surface area contributed by atoms with Crippen molar-refractivity contribution in [3.63, 3.8) is 0 Å². The summed E-state index contributed by atoms with van der Waals surface area (Å²) in [7, 11) is 0. The van der Waals surface area contributed by atoms with E-state index in [0.717, 1.165) is 0 Å². The van der Waals surface area contributed by atoms with Crippen molar-refractivity contribution in [3.05, 3.63) is 29.8 Å². The third kappa shape index (κ3) is 3.38. The molecule has 1 aromatic carbocycles. The van der Waals surface area contributed by atoms with Crippen LogP contribution in [0, 0.1) is 0 Å². The van der Waals surface area contributed by atoms with Gasteiger partial charge < -0.3 is 9.84 Å². The number of Topliss-reactive ketones (excluding diaryl/α,β-unsaturated/α-hetero) is 1. The standard InChI is InChI=1S/C12H14O4/c1-2-16-12(15)8-7-11(14)9-5-3-4-6-10(9)13/h3-6,13H,2,7-8H2,1H3. The Balaban J connectivity index is 2.54. The second-order valence-corrected chi connectivity index (χ2v) is 3.25. The average molecular weight is 222 g/mol. The molecular weight excluding hydrogens is 208 g/mol. The zero-order valence-corrected chi connectivity index (χ0v) is 9.10. The zero-order valence-electron chi connectivity index (χ0n) is 9.10. The molecule has 0 aliphatic heterocycles. The molecule has 4 nitrogen and oxygen atoms in total. The number of ether oxygens (including phenoxy) is 1. The fourth-order valence-corrected chi connectivity index (χ4v) is 1.29. The molecule has 0 aliphatic carbocycles. The number of rotatable bonds is 5. The number of para-hydroxylation sites is 1. The van der Waals surface area contributed by atoms with Gasteiger partial charge in [0, 0.05) is 6.42 Å². The van der Waals surface area contributed by atoms with Gasteiger partial charge in [0.05, 0.1) is 18.6 Å². The van der Waals surface area contributed by atoms with E-state index in [1.807, 2.05) is 0 Å². The number of carbonyl (C=O) groups is 2. The number of hydrogen-bond acceptors (Lipinski definition) is 4. The molecule has 0 heterocycles. The van der Waals surface area contributed by atoms with Crippen LogP contribution < -0.4 is 0 Å². The highest BCUT2D eigenvalue weighted by Gasteiger charge is 2.12. The van der Waals surface area contributed by atoms with Gasteiger partial charge in [0.1, 0.15) is 5.75 Å². The lowest BCUT2D eigenvalue weighted by Crippen LogP contribution is -2.08. The van der Waals surface area contributed by atoms with Gasteiger partial charge in [-0.2, -0.15) is 0 Å². The Morgan fingerprint density at radius 2 is 1.94 bits per heavy atom. The van der Waals surface area contributed by atoms with Crippen molar-refractivity contribution >= 4 is 11.8 Å². The highest BCUT2D eigenvalue weighted by Crippen LogP contribution is 2.18. The van der Waals surface area contributed by atoms with E-state index in [1.54, 1.807) is 19.1 Å². The van der Waals surface area contributed by atoms with E-state index in [4.69, 9.17) is 4.74 Å². The van der Waals surface area contributed by atoms with E-state index in [0.29, 0.717) is 6.61 Å². The first-order chi connectivity index (χ1) is 7.65. The van der Waals surface area contributed by atoms with Crippen LogP contribution in [0.4, 0.5) is 0 Å². The third-order valence-electron chi connectivity index (χ3n) is 2.07. The maximum absolute atomic E-state index is 11.6. The second kappa shape index (κ2) is 5.90. The molecule has 0 atom stereocenters. The van der Waals surface area contributed by atoms with E-state index in [9.17, 15) is 14.7 Å². The van der Waals surface area contributed by atoms with Gasteiger partial charge in [0.2, 0.25) is 0 Å². The highest BCUT2D eigenvalue weighted by molar-refractivity contribution is 5.99. The first kappa shape index (κ1) is 12.2. The summed E-state index contributed by atoms with van der Waals surface area (Å²) in [6.45, 7) is 2.02. The largest absolute Gasteiger partial charge is 0.507 e. The number of esters is 1. The Kier molecular flexibility index (Phi) is 4.51. The van der Waals surface area contributed by atoms with Crippen molar-refractivity contribution in [2.45, 2.75) is 19.8 Å². The zero-order chi connectivity index (χ0) is 12.0. The summed E-state index contributed by atoms with van der Waals surface area (Å²) >= 11 is 0. The fourth-order valence-electron chi connectivity index (χ4n) is 1.29. The second-order valence-electron chi connectivity index (χ2n) is 3.25. The van der Waals surface area contributed by atoms with E-state index >= 15 is 0 Å². The van der Waals surface area contributed by atoms with Crippen molar-refractivity contribution in [2.24, 2.45) is 0 Å². The molecule has 0 radical (unpaired) electrons. The van der Waals surface area contributed by atoms with E-state index < -0.39 is 5.97 Å². The van der Waals surface area contributed by atoms with Gasteiger partial charge in [-0.1, -0.05) is 12.1 Å². The lowest BCUT2D eigenvalue weighted by Gasteiger charge is -2.03. The first-order valence-corrected chi connectivity index (χ1v) is 5.12. The molecule has 86 valence electrons. The molecule has 0 amide bonds. The topological polar surface area (TPSA) is 63.6 Å². The minimum absolute atomic E-state index is 0.0427. The Bertz CT molecular complexity index is 384. The third-order valence-corrected chi connectivity index (χ3v) is 2.07. The molecule has 0 spiro atoms. The van der Waals surface area contributed by atoms with Crippen LogP contribution >= 0.6 is 0 Å². The number of benzene rings is 1. The summed E-state index contributed by atoms with van der Waals surface area (Å²) in [5, 5.41) is 9.41. The van der Waals surface area contributed by atoms with Gasteiger partial charge in [-0.3, -0.25) is 9.59 Å². The van der Waals surface area contributed by atoms with Crippen molar-refractivity contribution in [3.8, 4) is 5.75 Å². The van der Waals surface area contributed by atoms with Gasteiger partial charge >= 0.3 is 5.97 Å². The summed E-state index contributed by atoms with van der Waals surface area (Å²) in [6.07, 6.45) is 0.0947. The van der Waals surface area contributed by atoms with Gasteiger partial charge in [-0.25, -0.2) is 0 Å². The Morgan fingerprint density at radius 3 is 2.56 bits per heavy atom. The van der Waals surface area contributed by atoms with E-state index in [2.05, 4.69) is 0 Å². The predicted molar refractivity (Wildman–Crippen MR) is 58.3 cm³/mol. The van der Waals surface area contributed by atoms with Crippen molar-refractivity contribution in [1.29, 1.82) is 0 Å². The van der Waals surface area contributed by atoms with Crippen LogP contribution in [0.3, 0.4) is 0 Å². The van der Waals surface area contributed by atoms with E-state index in [1.165, 1.54) is 12.1 Å². The molecule has 0 saturated heterocycles. The van der Waals surface area contributed by atoms with E-state index in [-0.39, 0.29) is 29.9 Å². The molecule has 16 heavy (non-hydrogen) atoms. The van der Waals surface area contributed by atoms with Gasteiger partial charge in [-0.15, -0.1) is 0 Å². The Morgan fingerprint density at radius 1 is 1.25 bits per heavy atom. The van der Waals surface area contributed by atoms with Crippen LogP contribution in [-0.4, -0.2) is 23.5 Å².